The van der Waals surface area contributed by atoms with Crippen LogP contribution >= 0.6 is 0 Å². The Morgan fingerprint density at radius 2 is 1.85 bits per heavy atom. The maximum atomic E-state index is 10.9. The van der Waals surface area contributed by atoms with Gasteiger partial charge in [-0.3, -0.25) is 20.2 Å². The van der Waals surface area contributed by atoms with Crippen LogP contribution in [-0.4, -0.2) is 15.0 Å². The Morgan fingerprint density at radius 1 is 1.15 bits per heavy atom. The topological polar surface area (TPSA) is 112 Å². The zero-order valence-electron chi connectivity index (χ0n) is 10.3. The lowest BCUT2D eigenvalue weighted by Gasteiger charge is -1.95. The van der Waals surface area contributed by atoms with E-state index in [4.69, 9.17) is 4.52 Å². The zero-order chi connectivity index (χ0) is 14.7. The van der Waals surface area contributed by atoms with Crippen LogP contribution in [0.5, 0.6) is 0 Å². The molecular formula is C12H9N3O5. The maximum Gasteiger partial charge on any atom is 0.338 e. The van der Waals surface area contributed by atoms with Crippen molar-refractivity contribution in [1.29, 1.82) is 0 Å². The minimum absolute atomic E-state index is 0.0503. The molecular weight excluding hydrogens is 266 g/mol. The summed E-state index contributed by atoms with van der Waals surface area (Å²) in [5.41, 5.74) is 0.125. The van der Waals surface area contributed by atoms with Crippen LogP contribution in [-0.2, 0) is 0 Å². The highest BCUT2D eigenvalue weighted by molar-refractivity contribution is 5.75. The minimum atomic E-state index is -0.606. The molecule has 0 unspecified atom stereocenters. The summed E-state index contributed by atoms with van der Waals surface area (Å²) in [5, 5.41) is 25.2. The number of benzene rings is 1. The van der Waals surface area contributed by atoms with Gasteiger partial charge in [-0.1, -0.05) is 17.3 Å². The average molecular weight is 275 g/mol. The van der Waals surface area contributed by atoms with Gasteiger partial charge in [0.15, 0.2) is 5.69 Å². The van der Waals surface area contributed by atoms with Gasteiger partial charge in [0.1, 0.15) is 0 Å². The van der Waals surface area contributed by atoms with Crippen molar-refractivity contribution in [2.24, 2.45) is 0 Å². The van der Waals surface area contributed by atoms with Crippen molar-refractivity contribution >= 4 is 23.5 Å². The molecule has 0 amide bonds. The standard InChI is InChI=1S/C12H9N3O5/c1-8-12(15(18)19)11(20-13-8)7-6-9-4-2-3-5-10(9)14(16)17/h2-7H,1H3. The molecule has 1 heterocycles. The molecule has 1 aromatic carbocycles. The van der Waals surface area contributed by atoms with Crippen LogP contribution in [0.2, 0.25) is 0 Å². The van der Waals surface area contributed by atoms with E-state index < -0.39 is 9.85 Å². The second-order valence-corrected chi connectivity index (χ2v) is 3.89. The summed E-state index contributed by atoms with van der Waals surface area (Å²) in [7, 11) is 0. The fourth-order valence-corrected chi connectivity index (χ4v) is 1.67. The molecule has 0 saturated carbocycles. The predicted molar refractivity (Wildman–Crippen MR) is 69.9 cm³/mol. The number of para-hydroxylation sites is 1. The van der Waals surface area contributed by atoms with Gasteiger partial charge in [0, 0.05) is 6.07 Å². The maximum absolute atomic E-state index is 10.9. The summed E-state index contributed by atoms with van der Waals surface area (Å²) in [6, 6.07) is 6.05. The van der Waals surface area contributed by atoms with Gasteiger partial charge in [0.2, 0.25) is 5.76 Å². The lowest BCUT2D eigenvalue weighted by molar-refractivity contribution is -0.386. The highest BCUT2D eigenvalue weighted by atomic mass is 16.6. The summed E-state index contributed by atoms with van der Waals surface area (Å²) in [5.74, 6) is -0.0503. The van der Waals surface area contributed by atoms with Gasteiger partial charge in [-0.25, -0.2) is 0 Å². The van der Waals surface area contributed by atoms with Gasteiger partial charge >= 0.3 is 5.69 Å². The van der Waals surface area contributed by atoms with Gasteiger partial charge < -0.3 is 4.52 Å². The van der Waals surface area contributed by atoms with E-state index >= 15 is 0 Å². The van der Waals surface area contributed by atoms with Crippen LogP contribution in [0.15, 0.2) is 28.8 Å². The normalized spacial score (nSPS) is 10.8. The van der Waals surface area contributed by atoms with Crippen LogP contribution in [0, 0.1) is 27.2 Å². The number of aryl methyl sites for hydroxylation is 1. The Balaban J connectivity index is 2.40. The second-order valence-electron chi connectivity index (χ2n) is 3.89. The van der Waals surface area contributed by atoms with Gasteiger partial charge in [-0.05, 0) is 25.1 Å². The number of hydrogen-bond acceptors (Lipinski definition) is 6. The zero-order valence-corrected chi connectivity index (χ0v) is 10.3. The third-order valence-electron chi connectivity index (χ3n) is 2.59. The first-order chi connectivity index (χ1) is 9.50. The van der Waals surface area contributed by atoms with Crippen molar-refractivity contribution in [1.82, 2.24) is 5.16 Å². The highest BCUT2D eigenvalue weighted by Gasteiger charge is 2.22. The molecule has 0 spiro atoms. The molecule has 1 aromatic heterocycles. The Labute approximate surface area is 112 Å². The quantitative estimate of drug-likeness (QED) is 0.626. The summed E-state index contributed by atoms with van der Waals surface area (Å²) in [4.78, 5) is 20.6. The minimum Gasteiger partial charge on any atom is -0.349 e. The summed E-state index contributed by atoms with van der Waals surface area (Å²) in [6.45, 7) is 1.45. The third-order valence-corrected chi connectivity index (χ3v) is 2.59. The number of nitrogens with zero attached hydrogens (tertiary/aromatic N) is 3. The van der Waals surface area contributed by atoms with Crippen molar-refractivity contribution in [3.63, 3.8) is 0 Å². The van der Waals surface area contributed by atoms with E-state index in [1.807, 2.05) is 0 Å². The molecule has 0 radical (unpaired) electrons. The third kappa shape index (κ3) is 2.53. The molecule has 2 rings (SSSR count). The van der Waals surface area contributed by atoms with Crippen molar-refractivity contribution in [3.05, 3.63) is 61.5 Å². The van der Waals surface area contributed by atoms with Gasteiger partial charge in [0.25, 0.3) is 5.69 Å². The molecule has 0 aliphatic carbocycles. The van der Waals surface area contributed by atoms with E-state index in [0.29, 0.717) is 5.56 Å². The molecule has 102 valence electrons. The van der Waals surface area contributed by atoms with Crippen LogP contribution in [0.25, 0.3) is 12.2 Å². The smallest absolute Gasteiger partial charge is 0.338 e. The van der Waals surface area contributed by atoms with Crippen molar-refractivity contribution in [2.75, 3.05) is 0 Å². The van der Waals surface area contributed by atoms with Crippen LogP contribution in [0.4, 0.5) is 11.4 Å². The van der Waals surface area contributed by atoms with E-state index in [1.54, 1.807) is 6.07 Å². The van der Waals surface area contributed by atoms with Crippen molar-refractivity contribution < 1.29 is 14.4 Å². The van der Waals surface area contributed by atoms with Gasteiger partial charge in [-0.15, -0.1) is 0 Å². The Bertz CT molecular complexity index is 705. The van der Waals surface area contributed by atoms with E-state index in [-0.39, 0.29) is 22.8 Å². The molecule has 0 atom stereocenters. The highest BCUT2D eigenvalue weighted by Crippen LogP contribution is 2.26. The molecule has 8 heteroatoms. The first-order valence-corrected chi connectivity index (χ1v) is 5.53. The van der Waals surface area contributed by atoms with Crippen molar-refractivity contribution in [2.45, 2.75) is 6.92 Å². The Hall–Kier alpha value is -3.03. The molecule has 20 heavy (non-hydrogen) atoms. The van der Waals surface area contributed by atoms with Gasteiger partial charge in [-0.2, -0.15) is 0 Å². The monoisotopic (exact) mass is 275 g/mol. The molecule has 0 bridgehead atoms. The summed E-state index contributed by atoms with van der Waals surface area (Å²) >= 11 is 0. The number of nitro benzene ring substituents is 1. The van der Waals surface area contributed by atoms with E-state index in [9.17, 15) is 20.2 Å². The SMILES string of the molecule is Cc1noc(C=Cc2ccccc2[N+](=O)[O-])c1[N+](=O)[O-]. The van der Waals surface area contributed by atoms with E-state index in [0.717, 1.165) is 0 Å². The average Bonchev–Trinajstić information content (AvgIpc) is 2.77. The van der Waals surface area contributed by atoms with Crippen molar-refractivity contribution in [3.8, 4) is 0 Å². The molecule has 0 aliphatic rings. The summed E-state index contributed by atoms with van der Waals surface area (Å²) in [6.07, 6.45) is 2.67. The lowest BCUT2D eigenvalue weighted by atomic mass is 10.1. The summed E-state index contributed by atoms with van der Waals surface area (Å²) < 4.78 is 4.83. The second kappa shape index (κ2) is 5.31. The largest absolute Gasteiger partial charge is 0.349 e. The molecule has 2 aromatic rings. The molecule has 0 aliphatic heterocycles. The lowest BCUT2D eigenvalue weighted by Crippen LogP contribution is -1.91. The molecule has 0 saturated heterocycles. The fraction of sp³-hybridized carbons (Fsp3) is 0.0833. The molecule has 0 fully saturated rings. The van der Waals surface area contributed by atoms with E-state index in [2.05, 4.69) is 5.16 Å². The fourth-order valence-electron chi connectivity index (χ4n) is 1.67. The predicted octanol–water partition coefficient (Wildman–Crippen LogP) is 2.97. The molecule has 8 nitrogen and oxygen atoms in total. The Morgan fingerprint density at radius 3 is 2.50 bits per heavy atom. The number of rotatable bonds is 4. The van der Waals surface area contributed by atoms with Crippen LogP contribution in [0.3, 0.4) is 0 Å². The van der Waals surface area contributed by atoms with Gasteiger partial charge in [0.05, 0.1) is 15.4 Å². The first-order valence-electron chi connectivity index (χ1n) is 5.53. The van der Waals surface area contributed by atoms with Crippen LogP contribution < -0.4 is 0 Å². The number of hydrogen-bond donors (Lipinski definition) is 0. The first kappa shape index (κ1) is 13.4. The molecule has 0 N–H and O–H groups in total. The number of nitro groups is 2. The Kier molecular flexibility index (Phi) is 3.56. The van der Waals surface area contributed by atoms with E-state index in [1.165, 1.54) is 37.3 Å². The van der Waals surface area contributed by atoms with Crippen LogP contribution in [0.1, 0.15) is 17.0 Å². The number of aromatic nitrogens is 1.